The van der Waals surface area contributed by atoms with E-state index in [0.717, 1.165) is 45.0 Å². The van der Waals surface area contributed by atoms with E-state index in [-0.39, 0.29) is 0 Å². The molecule has 3 aromatic rings. The lowest BCUT2D eigenvalue weighted by Crippen LogP contribution is -2.47. The summed E-state index contributed by atoms with van der Waals surface area (Å²) >= 11 is 13.7. The molecule has 0 radical (unpaired) electrons. The normalized spacial score (nSPS) is 15.8. The van der Waals surface area contributed by atoms with Gasteiger partial charge in [-0.1, -0.05) is 41.4 Å². The van der Waals surface area contributed by atoms with Crippen LogP contribution >= 0.6 is 34.7 Å². The molecule has 130 valence electrons. The molecule has 1 aliphatic heterocycles. The molecule has 2 aromatic carbocycles. The van der Waals surface area contributed by atoms with E-state index in [0.29, 0.717) is 10.0 Å². The Bertz CT molecular complexity index is 872. The number of fused-ring (bicyclic) bond motifs is 1. The highest BCUT2D eigenvalue weighted by molar-refractivity contribution is 7.13. The monoisotopic (exact) mass is 391 g/mol. The molecular formula is C19H19Cl2N3S. The molecule has 0 amide bonds. The lowest BCUT2D eigenvalue weighted by Gasteiger charge is -2.35. The van der Waals surface area contributed by atoms with Gasteiger partial charge in [0.25, 0.3) is 0 Å². The number of hydrogen-bond acceptors (Lipinski definition) is 4. The molecule has 2 heterocycles. The van der Waals surface area contributed by atoms with E-state index in [2.05, 4.69) is 44.5 Å². The zero-order chi connectivity index (χ0) is 17.2. The van der Waals surface area contributed by atoms with Gasteiger partial charge in [-0.25, -0.2) is 0 Å². The molecule has 0 unspecified atom stereocenters. The largest absolute Gasteiger partial charge is 0.353 e. The fraction of sp³-hybridized carbons (Fsp3) is 0.316. The molecule has 0 spiro atoms. The van der Waals surface area contributed by atoms with Crippen LogP contribution in [-0.2, 0) is 6.42 Å². The molecule has 1 fully saturated rings. The summed E-state index contributed by atoms with van der Waals surface area (Å²) in [6, 6.07) is 14.4. The molecule has 1 aromatic heterocycles. The Labute approximate surface area is 161 Å². The Morgan fingerprint density at radius 1 is 0.960 bits per heavy atom. The second-order valence-corrected chi connectivity index (χ2v) is 7.95. The van der Waals surface area contributed by atoms with Crippen molar-refractivity contribution in [1.29, 1.82) is 0 Å². The van der Waals surface area contributed by atoms with Crippen LogP contribution in [0.3, 0.4) is 0 Å². The van der Waals surface area contributed by atoms with Crippen molar-refractivity contribution in [3.05, 3.63) is 58.1 Å². The molecular weight excluding hydrogens is 373 g/mol. The van der Waals surface area contributed by atoms with Gasteiger partial charge in [0.15, 0.2) is 0 Å². The van der Waals surface area contributed by atoms with Crippen molar-refractivity contribution in [2.45, 2.75) is 6.42 Å². The van der Waals surface area contributed by atoms with Gasteiger partial charge in [0.1, 0.15) is 5.82 Å². The number of anilines is 1. The van der Waals surface area contributed by atoms with E-state index in [1.165, 1.54) is 15.6 Å². The van der Waals surface area contributed by atoms with Gasteiger partial charge in [0.05, 0.1) is 14.7 Å². The Kier molecular flexibility index (Phi) is 5.13. The summed E-state index contributed by atoms with van der Waals surface area (Å²) in [4.78, 5) is 4.92. The lowest BCUT2D eigenvalue weighted by atomic mass is 10.1. The van der Waals surface area contributed by atoms with Gasteiger partial charge in [0, 0.05) is 38.1 Å². The minimum Gasteiger partial charge on any atom is -0.353 e. The van der Waals surface area contributed by atoms with Crippen LogP contribution in [0.25, 0.3) is 10.1 Å². The summed E-state index contributed by atoms with van der Waals surface area (Å²) in [7, 11) is 0. The maximum atomic E-state index is 6.10. The van der Waals surface area contributed by atoms with Gasteiger partial charge in [-0.15, -0.1) is 0 Å². The number of nitrogens with zero attached hydrogens (tertiary/aromatic N) is 3. The van der Waals surface area contributed by atoms with Crippen molar-refractivity contribution in [3.63, 3.8) is 0 Å². The fourth-order valence-corrected chi connectivity index (χ4v) is 4.38. The highest BCUT2D eigenvalue weighted by Gasteiger charge is 2.20. The molecule has 25 heavy (non-hydrogen) atoms. The van der Waals surface area contributed by atoms with E-state index in [9.17, 15) is 0 Å². The van der Waals surface area contributed by atoms with Crippen LogP contribution in [0, 0.1) is 0 Å². The average Bonchev–Trinajstić information content (AvgIpc) is 3.07. The molecule has 0 aliphatic carbocycles. The molecule has 6 heteroatoms. The first-order valence-corrected chi connectivity index (χ1v) is 9.99. The Hall–Kier alpha value is -1.33. The highest BCUT2D eigenvalue weighted by atomic mass is 35.5. The summed E-state index contributed by atoms with van der Waals surface area (Å²) < 4.78 is 5.94. The summed E-state index contributed by atoms with van der Waals surface area (Å²) in [6.07, 6.45) is 0.997. The van der Waals surface area contributed by atoms with Crippen LogP contribution in [0.2, 0.25) is 10.0 Å². The number of rotatable bonds is 4. The van der Waals surface area contributed by atoms with Crippen molar-refractivity contribution in [2.24, 2.45) is 0 Å². The highest BCUT2D eigenvalue weighted by Crippen LogP contribution is 2.30. The Balaban J connectivity index is 1.34. The van der Waals surface area contributed by atoms with Crippen molar-refractivity contribution in [1.82, 2.24) is 9.27 Å². The third kappa shape index (κ3) is 3.77. The number of piperazine rings is 1. The van der Waals surface area contributed by atoms with E-state index >= 15 is 0 Å². The lowest BCUT2D eigenvalue weighted by molar-refractivity contribution is 0.261. The van der Waals surface area contributed by atoms with Gasteiger partial charge in [-0.05, 0) is 47.8 Å². The van der Waals surface area contributed by atoms with Crippen LogP contribution in [0.4, 0.5) is 5.82 Å². The van der Waals surface area contributed by atoms with Crippen LogP contribution in [0.15, 0.2) is 42.5 Å². The molecule has 0 N–H and O–H groups in total. The van der Waals surface area contributed by atoms with Gasteiger partial charge >= 0.3 is 0 Å². The second kappa shape index (κ2) is 7.50. The maximum absolute atomic E-state index is 6.10. The first kappa shape index (κ1) is 17.1. The first-order valence-electron chi connectivity index (χ1n) is 8.46. The molecule has 0 bridgehead atoms. The van der Waals surface area contributed by atoms with Gasteiger partial charge in [0.2, 0.25) is 0 Å². The molecule has 0 atom stereocenters. The third-order valence-corrected chi connectivity index (χ3v) is 6.29. The second-order valence-electron chi connectivity index (χ2n) is 6.33. The molecule has 1 saturated heterocycles. The van der Waals surface area contributed by atoms with Crippen molar-refractivity contribution < 1.29 is 0 Å². The van der Waals surface area contributed by atoms with E-state index < -0.39 is 0 Å². The number of halogens is 2. The van der Waals surface area contributed by atoms with E-state index in [4.69, 9.17) is 23.2 Å². The molecule has 0 saturated carbocycles. The smallest absolute Gasteiger partial charge is 0.150 e. The van der Waals surface area contributed by atoms with Crippen LogP contribution in [0.5, 0.6) is 0 Å². The van der Waals surface area contributed by atoms with Gasteiger partial charge in [-0.3, -0.25) is 4.90 Å². The quantitative estimate of drug-likeness (QED) is 0.625. The van der Waals surface area contributed by atoms with E-state index in [1.807, 2.05) is 12.1 Å². The van der Waals surface area contributed by atoms with Crippen LogP contribution in [0.1, 0.15) is 5.56 Å². The Morgan fingerprint density at radius 2 is 1.76 bits per heavy atom. The maximum Gasteiger partial charge on any atom is 0.150 e. The van der Waals surface area contributed by atoms with Crippen LogP contribution < -0.4 is 4.90 Å². The Morgan fingerprint density at radius 3 is 2.56 bits per heavy atom. The summed E-state index contributed by atoms with van der Waals surface area (Å²) in [6.45, 7) is 5.22. The zero-order valence-corrected chi connectivity index (χ0v) is 16.1. The molecule has 3 nitrogen and oxygen atoms in total. The predicted octanol–water partition coefficient (Wildman–Crippen LogP) is 4.97. The van der Waals surface area contributed by atoms with Crippen molar-refractivity contribution in [2.75, 3.05) is 37.6 Å². The van der Waals surface area contributed by atoms with Gasteiger partial charge < -0.3 is 4.90 Å². The third-order valence-electron chi connectivity index (χ3n) is 4.73. The minimum atomic E-state index is 0.620. The number of aromatic nitrogens is 1. The summed E-state index contributed by atoms with van der Waals surface area (Å²) in [5, 5.41) is 2.53. The van der Waals surface area contributed by atoms with Crippen molar-refractivity contribution >= 4 is 50.6 Å². The predicted molar refractivity (Wildman–Crippen MR) is 108 cm³/mol. The first-order chi connectivity index (χ1) is 12.2. The van der Waals surface area contributed by atoms with Gasteiger partial charge in [-0.2, -0.15) is 4.37 Å². The standard InChI is InChI=1S/C19H19Cl2N3S/c20-16-6-5-14(13-17(16)21)7-8-23-9-11-24(12-10-23)19-15-3-1-2-4-18(15)25-22-19/h1-6,13H,7-12H2. The molecule has 1 aliphatic rings. The number of benzene rings is 2. The summed E-state index contributed by atoms with van der Waals surface area (Å²) in [5.74, 6) is 1.14. The van der Waals surface area contributed by atoms with Crippen LogP contribution in [-0.4, -0.2) is 42.0 Å². The topological polar surface area (TPSA) is 19.4 Å². The van der Waals surface area contributed by atoms with E-state index in [1.54, 1.807) is 11.5 Å². The SMILES string of the molecule is Clc1ccc(CCN2CCN(c3nsc4ccccc34)CC2)cc1Cl. The van der Waals surface area contributed by atoms with Crippen molar-refractivity contribution in [3.8, 4) is 0 Å². The fourth-order valence-electron chi connectivity index (χ4n) is 3.27. The number of hydrogen-bond donors (Lipinski definition) is 0. The zero-order valence-electron chi connectivity index (χ0n) is 13.8. The molecule has 4 rings (SSSR count). The summed E-state index contributed by atoms with van der Waals surface area (Å²) in [5.41, 5.74) is 1.24. The minimum absolute atomic E-state index is 0.620. The average molecular weight is 392 g/mol.